The molecule has 0 unspecified atom stereocenters. The molecule has 0 aromatic heterocycles. The molecule has 0 spiro atoms. The van der Waals surface area contributed by atoms with Gasteiger partial charge in [0, 0.05) is 24.3 Å². The van der Waals surface area contributed by atoms with Crippen LogP contribution in [0.4, 0.5) is 17.6 Å². The number of alkyl halides is 3. The molecule has 0 aliphatic carbocycles. The average Bonchev–Trinajstić information content (AvgIpc) is 2.60. The number of carbonyl (C=O) groups excluding carboxylic acids is 1. The first-order valence-corrected chi connectivity index (χ1v) is 8.03. The predicted octanol–water partition coefficient (Wildman–Crippen LogP) is 5.15. The van der Waals surface area contributed by atoms with Gasteiger partial charge in [-0.2, -0.15) is 13.2 Å². The van der Waals surface area contributed by atoms with Gasteiger partial charge in [0.25, 0.3) is 0 Å². The molecule has 0 saturated carbocycles. The van der Waals surface area contributed by atoms with E-state index < -0.39 is 29.6 Å². The van der Waals surface area contributed by atoms with Crippen LogP contribution in [0.2, 0.25) is 0 Å². The van der Waals surface area contributed by atoms with Gasteiger partial charge in [0.2, 0.25) is 0 Å². The maximum atomic E-state index is 14.0. The smallest absolute Gasteiger partial charge is 0.349 e. The van der Waals surface area contributed by atoms with E-state index in [9.17, 15) is 22.4 Å². The standard InChI is InChI=1S/C19H18F4O3/c1-3-25-18(26-4-2)15-11-12(19(21,22)23)9-10-13(15)17(24)14-7-5-6-8-16(14)20/h5-11,18H,3-4H2,1-2H3. The quantitative estimate of drug-likeness (QED) is 0.384. The summed E-state index contributed by atoms with van der Waals surface area (Å²) in [6.07, 6.45) is -5.77. The fraction of sp³-hybridized carbons (Fsp3) is 0.316. The lowest BCUT2D eigenvalue weighted by Crippen LogP contribution is -2.17. The monoisotopic (exact) mass is 370 g/mol. The van der Waals surface area contributed by atoms with Crippen molar-refractivity contribution in [3.05, 3.63) is 70.5 Å². The molecule has 140 valence electrons. The van der Waals surface area contributed by atoms with Crippen molar-refractivity contribution in [1.82, 2.24) is 0 Å². The number of benzene rings is 2. The molecule has 0 aliphatic rings. The first-order valence-electron chi connectivity index (χ1n) is 8.03. The van der Waals surface area contributed by atoms with E-state index in [4.69, 9.17) is 9.47 Å². The SMILES string of the molecule is CCOC(OCC)c1cc(C(F)(F)F)ccc1C(=O)c1ccccc1F. The fourth-order valence-corrected chi connectivity index (χ4v) is 2.46. The summed E-state index contributed by atoms with van der Waals surface area (Å²) in [6, 6.07) is 7.90. The zero-order chi connectivity index (χ0) is 19.3. The molecule has 7 heteroatoms. The third-order valence-electron chi connectivity index (χ3n) is 3.63. The molecule has 0 aliphatic heterocycles. The number of rotatable bonds is 7. The van der Waals surface area contributed by atoms with Crippen LogP contribution in [0.15, 0.2) is 42.5 Å². The molecule has 0 radical (unpaired) electrons. The van der Waals surface area contributed by atoms with Gasteiger partial charge in [0.15, 0.2) is 12.1 Å². The largest absolute Gasteiger partial charge is 0.416 e. The molecule has 0 saturated heterocycles. The minimum atomic E-state index is -4.60. The summed E-state index contributed by atoms with van der Waals surface area (Å²) in [6.45, 7) is 3.62. The van der Waals surface area contributed by atoms with Crippen molar-refractivity contribution < 1.29 is 31.8 Å². The van der Waals surface area contributed by atoms with Crippen LogP contribution < -0.4 is 0 Å². The first kappa shape index (κ1) is 20.1. The van der Waals surface area contributed by atoms with E-state index in [1.165, 1.54) is 18.2 Å². The lowest BCUT2D eigenvalue weighted by molar-refractivity contribution is -0.144. The molecule has 2 aromatic carbocycles. The van der Waals surface area contributed by atoms with Gasteiger partial charge in [-0.25, -0.2) is 4.39 Å². The van der Waals surface area contributed by atoms with Gasteiger partial charge in [-0.3, -0.25) is 4.79 Å². The minimum Gasteiger partial charge on any atom is -0.349 e. The lowest BCUT2D eigenvalue weighted by Gasteiger charge is -2.21. The topological polar surface area (TPSA) is 35.5 Å². The molecular formula is C19H18F4O3. The lowest BCUT2D eigenvalue weighted by atomic mass is 9.95. The van der Waals surface area contributed by atoms with E-state index in [1.54, 1.807) is 13.8 Å². The molecule has 0 fully saturated rings. The van der Waals surface area contributed by atoms with Crippen LogP contribution in [0, 0.1) is 5.82 Å². The molecule has 0 heterocycles. The third kappa shape index (κ3) is 4.47. The van der Waals surface area contributed by atoms with Crippen LogP contribution in [-0.2, 0) is 15.7 Å². The summed E-state index contributed by atoms with van der Waals surface area (Å²) < 4.78 is 64.0. The summed E-state index contributed by atoms with van der Waals surface area (Å²) >= 11 is 0. The fourth-order valence-electron chi connectivity index (χ4n) is 2.46. The maximum Gasteiger partial charge on any atom is 0.416 e. The highest BCUT2D eigenvalue weighted by molar-refractivity contribution is 6.10. The van der Waals surface area contributed by atoms with Gasteiger partial charge in [-0.05, 0) is 44.2 Å². The number of hydrogen-bond donors (Lipinski definition) is 0. The second kappa shape index (κ2) is 8.42. The molecule has 2 rings (SSSR count). The van der Waals surface area contributed by atoms with Crippen molar-refractivity contribution in [1.29, 1.82) is 0 Å². The zero-order valence-corrected chi connectivity index (χ0v) is 14.3. The highest BCUT2D eigenvalue weighted by Crippen LogP contribution is 2.34. The average molecular weight is 370 g/mol. The highest BCUT2D eigenvalue weighted by Gasteiger charge is 2.33. The number of halogens is 4. The van der Waals surface area contributed by atoms with E-state index in [0.717, 1.165) is 24.3 Å². The van der Waals surface area contributed by atoms with E-state index in [0.29, 0.717) is 0 Å². The van der Waals surface area contributed by atoms with E-state index in [-0.39, 0.29) is 29.9 Å². The summed E-state index contributed by atoms with van der Waals surface area (Å²) in [7, 11) is 0. The first-order chi connectivity index (χ1) is 12.3. The zero-order valence-electron chi connectivity index (χ0n) is 14.3. The third-order valence-corrected chi connectivity index (χ3v) is 3.63. The van der Waals surface area contributed by atoms with Crippen molar-refractivity contribution in [2.24, 2.45) is 0 Å². The van der Waals surface area contributed by atoms with Gasteiger partial charge >= 0.3 is 6.18 Å². The molecule has 0 N–H and O–H groups in total. The Morgan fingerprint density at radius 1 is 1.00 bits per heavy atom. The van der Waals surface area contributed by atoms with Gasteiger partial charge in [-0.15, -0.1) is 0 Å². The number of carbonyl (C=O) groups is 1. The Morgan fingerprint density at radius 2 is 1.62 bits per heavy atom. The predicted molar refractivity (Wildman–Crippen MR) is 87.3 cm³/mol. The van der Waals surface area contributed by atoms with Crippen molar-refractivity contribution in [3.63, 3.8) is 0 Å². The summed E-state index contributed by atoms with van der Waals surface area (Å²) in [5, 5.41) is 0. The van der Waals surface area contributed by atoms with Crippen molar-refractivity contribution in [2.45, 2.75) is 26.3 Å². The van der Waals surface area contributed by atoms with E-state index >= 15 is 0 Å². The van der Waals surface area contributed by atoms with Crippen molar-refractivity contribution in [3.8, 4) is 0 Å². The maximum absolute atomic E-state index is 14.0. The molecule has 3 nitrogen and oxygen atoms in total. The van der Waals surface area contributed by atoms with Gasteiger partial charge < -0.3 is 9.47 Å². The molecule has 26 heavy (non-hydrogen) atoms. The van der Waals surface area contributed by atoms with Crippen LogP contribution >= 0.6 is 0 Å². The van der Waals surface area contributed by atoms with Gasteiger partial charge in [0.05, 0.1) is 11.1 Å². The number of ether oxygens (including phenoxy) is 2. The Labute approximate surface area is 148 Å². The van der Waals surface area contributed by atoms with Gasteiger partial charge in [-0.1, -0.05) is 12.1 Å². The van der Waals surface area contributed by atoms with Crippen molar-refractivity contribution >= 4 is 5.78 Å². The number of ketones is 1. The molecule has 0 atom stereocenters. The second-order valence-electron chi connectivity index (χ2n) is 5.35. The summed E-state index contributed by atoms with van der Waals surface area (Å²) in [5.74, 6) is -1.50. The highest BCUT2D eigenvalue weighted by atomic mass is 19.4. The molecule has 0 bridgehead atoms. The minimum absolute atomic E-state index is 0.0863. The van der Waals surface area contributed by atoms with Crippen LogP contribution in [0.25, 0.3) is 0 Å². The molecule has 2 aromatic rings. The molecular weight excluding hydrogens is 352 g/mol. The van der Waals surface area contributed by atoms with E-state index in [2.05, 4.69) is 0 Å². The Hall–Kier alpha value is -2.25. The summed E-state index contributed by atoms with van der Waals surface area (Å²) in [5.41, 5.74) is -1.37. The Balaban J connectivity index is 2.60. The Kier molecular flexibility index (Phi) is 6.50. The van der Waals surface area contributed by atoms with Crippen LogP contribution in [0.5, 0.6) is 0 Å². The Morgan fingerprint density at radius 3 is 2.15 bits per heavy atom. The van der Waals surface area contributed by atoms with Crippen LogP contribution in [0.1, 0.15) is 47.2 Å². The second-order valence-corrected chi connectivity index (χ2v) is 5.35. The van der Waals surface area contributed by atoms with E-state index in [1.807, 2.05) is 0 Å². The van der Waals surface area contributed by atoms with Crippen molar-refractivity contribution in [2.75, 3.05) is 13.2 Å². The molecule has 0 amide bonds. The summed E-state index contributed by atoms with van der Waals surface area (Å²) in [4.78, 5) is 12.7. The van der Waals surface area contributed by atoms with Gasteiger partial charge in [0.1, 0.15) is 5.82 Å². The normalized spacial score (nSPS) is 11.8. The van der Waals surface area contributed by atoms with Crippen LogP contribution in [-0.4, -0.2) is 19.0 Å². The Bertz CT molecular complexity index is 766. The number of hydrogen-bond acceptors (Lipinski definition) is 3. The van der Waals surface area contributed by atoms with Crippen LogP contribution in [0.3, 0.4) is 0 Å².